The van der Waals surface area contributed by atoms with Crippen molar-refractivity contribution in [2.24, 2.45) is 17.8 Å². The van der Waals surface area contributed by atoms with Gasteiger partial charge < -0.3 is 15.4 Å². The molecule has 2 aliphatic rings. The number of hydrogen-bond acceptors (Lipinski definition) is 2. The average Bonchev–Trinajstić information content (AvgIpc) is 3.04. The zero-order chi connectivity index (χ0) is 14.3. The monoisotopic (exact) mass is 276 g/mol. The van der Waals surface area contributed by atoms with Gasteiger partial charge in [0.05, 0.1) is 5.69 Å². The van der Waals surface area contributed by atoms with Gasteiger partial charge in [0.2, 0.25) is 5.91 Å². The summed E-state index contributed by atoms with van der Waals surface area (Å²) in [5, 5.41) is 11.9. The first-order chi connectivity index (χ1) is 9.54. The SMILES string of the molecule is Cc1[nH]cc(NC(=O)CC2CC3CCC2C3)c1C(=O)O. The van der Waals surface area contributed by atoms with Crippen molar-refractivity contribution in [3.63, 3.8) is 0 Å². The van der Waals surface area contributed by atoms with Crippen molar-refractivity contribution in [2.45, 2.75) is 39.0 Å². The number of fused-ring (bicyclic) bond motifs is 2. The second-order valence-corrected chi connectivity index (χ2v) is 6.19. The number of carboxylic acids is 1. The van der Waals surface area contributed by atoms with Crippen molar-refractivity contribution in [3.8, 4) is 0 Å². The van der Waals surface area contributed by atoms with Crippen molar-refractivity contribution >= 4 is 17.6 Å². The van der Waals surface area contributed by atoms with Crippen molar-refractivity contribution in [2.75, 3.05) is 5.32 Å². The Hall–Kier alpha value is -1.78. The number of carbonyl (C=O) groups excluding carboxylic acids is 1. The van der Waals surface area contributed by atoms with Crippen molar-refractivity contribution < 1.29 is 14.7 Å². The highest BCUT2D eigenvalue weighted by atomic mass is 16.4. The summed E-state index contributed by atoms with van der Waals surface area (Å²) in [5.74, 6) is 0.935. The molecule has 2 aliphatic carbocycles. The summed E-state index contributed by atoms with van der Waals surface area (Å²) in [6.45, 7) is 1.69. The van der Waals surface area contributed by atoms with E-state index in [1.54, 1.807) is 13.1 Å². The number of nitrogens with one attached hydrogen (secondary N) is 2. The fourth-order valence-electron chi connectivity index (χ4n) is 3.97. The van der Waals surface area contributed by atoms with Crippen molar-refractivity contribution in [3.05, 3.63) is 17.5 Å². The predicted octanol–water partition coefficient (Wildman–Crippen LogP) is 2.79. The van der Waals surface area contributed by atoms with Crippen LogP contribution >= 0.6 is 0 Å². The van der Waals surface area contributed by atoms with Crippen molar-refractivity contribution in [1.29, 1.82) is 0 Å². The smallest absolute Gasteiger partial charge is 0.339 e. The van der Waals surface area contributed by atoms with E-state index in [0.717, 1.165) is 12.3 Å². The molecular weight excluding hydrogens is 256 g/mol. The Balaban J connectivity index is 1.63. The van der Waals surface area contributed by atoms with Gasteiger partial charge in [-0.2, -0.15) is 0 Å². The van der Waals surface area contributed by atoms with E-state index in [0.29, 0.717) is 29.6 Å². The standard InChI is InChI=1S/C15H20N2O3/c1-8-14(15(19)20)12(7-16-8)17-13(18)6-11-5-9-2-3-10(11)4-9/h7,9-11,16H,2-6H2,1H3,(H,17,18)(H,19,20). The molecule has 1 heterocycles. The van der Waals surface area contributed by atoms with Crippen LogP contribution in [0.1, 0.15) is 48.2 Å². The van der Waals surface area contributed by atoms with Gasteiger partial charge in [-0.15, -0.1) is 0 Å². The number of aromatic carboxylic acids is 1. The van der Waals surface area contributed by atoms with Crippen LogP contribution in [0.25, 0.3) is 0 Å². The fraction of sp³-hybridized carbons (Fsp3) is 0.600. The topological polar surface area (TPSA) is 82.2 Å². The number of aromatic nitrogens is 1. The van der Waals surface area contributed by atoms with Gasteiger partial charge in [-0.05, 0) is 43.9 Å². The highest BCUT2D eigenvalue weighted by Gasteiger charge is 2.40. The number of anilines is 1. The molecule has 3 N–H and O–H groups in total. The van der Waals surface area contributed by atoms with Gasteiger partial charge in [-0.3, -0.25) is 4.79 Å². The van der Waals surface area contributed by atoms with Crippen LogP contribution in [0.5, 0.6) is 0 Å². The quantitative estimate of drug-likeness (QED) is 0.790. The van der Waals surface area contributed by atoms with Gasteiger partial charge in [0.1, 0.15) is 5.56 Å². The zero-order valence-electron chi connectivity index (χ0n) is 11.6. The van der Waals surface area contributed by atoms with Crippen LogP contribution in [0.4, 0.5) is 5.69 Å². The normalized spacial score (nSPS) is 27.8. The number of carbonyl (C=O) groups is 2. The molecule has 0 saturated heterocycles. The molecule has 0 radical (unpaired) electrons. The minimum atomic E-state index is -1.01. The van der Waals surface area contributed by atoms with Crippen LogP contribution in [0.15, 0.2) is 6.20 Å². The number of carboxylic acid groups (broad SMARTS) is 1. The molecule has 2 bridgehead atoms. The molecule has 0 spiro atoms. The number of hydrogen-bond donors (Lipinski definition) is 3. The van der Waals surface area contributed by atoms with E-state index in [9.17, 15) is 9.59 Å². The molecule has 108 valence electrons. The largest absolute Gasteiger partial charge is 0.478 e. The molecule has 5 heteroatoms. The third-order valence-electron chi connectivity index (χ3n) is 4.90. The predicted molar refractivity (Wildman–Crippen MR) is 74.7 cm³/mol. The van der Waals surface area contributed by atoms with Gasteiger partial charge in [0.25, 0.3) is 0 Å². The minimum absolute atomic E-state index is 0.0657. The number of amides is 1. The molecule has 1 amide bonds. The highest BCUT2D eigenvalue weighted by Crippen LogP contribution is 2.49. The Morgan fingerprint density at radius 1 is 1.40 bits per heavy atom. The lowest BCUT2D eigenvalue weighted by atomic mass is 9.86. The molecule has 3 atom stereocenters. The third-order valence-corrected chi connectivity index (χ3v) is 4.90. The van der Waals surface area contributed by atoms with Gasteiger partial charge in [0, 0.05) is 18.3 Å². The van der Waals surface area contributed by atoms with E-state index in [1.807, 2.05) is 0 Å². The number of aryl methyl sites for hydroxylation is 1. The highest BCUT2D eigenvalue weighted by molar-refractivity contribution is 6.01. The van der Waals surface area contributed by atoms with Gasteiger partial charge in [-0.25, -0.2) is 4.79 Å². The van der Waals surface area contributed by atoms with E-state index in [4.69, 9.17) is 5.11 Å². The summed E-state index contributed by atoms with van der Waals surface area (Å²) in [4.78, 5) is 26.1. The number of aromatic amines is 1. The lowest BCUT2D eigenvalue weighted by molar-refractivity contribution is -0.117. The van der Waals surface area contributed by atoms with Crippen LogP contribution in [-0.4, -0.2) is 22.0 Å². The van der Waals surface area contributed by atoms with Crippen LogP contribution < -0.4 is 5.32 Å². The van der Waals surface area contributed by atoms with E-state index in [-0.39, 0.29) is 11.5 Å². The average molecular weight is 276 g/mol. The third kappa shape index (κ3) is 2.32. The molecule has 1 aromatic rings. The molecule has 3 rings (SSSR count). The van der Waals surface area contributed by atoms with Crippen LogP contribution in [0.3, 0.4) is 0 Å². The molecule has 2 saturated carbocycles. The van der Waals surface area contributed by atoms with Crippen molar-refractivity contribution in [1.82, 2.24) is 4.98 Å². The molecule has 1 aromatic heterocycles. The Morgan fingerprint density at radius 3 is 2.80 bits per heavy atom. The second-order valence-electron chi connectivity index (χ2n) is 6.19. The maximum Gasteiger partial charge on any atom is 0.339 e. The van der Waals surface area contributed by atoms with Crippen LogP contribution in [0, 0.1) is 24.7 Å². The molecule has 0 aliphatic heterocycles. The first-order valence-corrected chi connectivity index (χ1v) is 7.25. The molecule has 2 fully saturated rings. The zero-order valence-corrected chi connectivity index (χ0v) is 11.6. The molecule has 5 nitrogen and oxygen atoms in total. The summed E-state index contributed by atoms with van der Waals surface area (Å²) in [7, 11) is 0. The Morgan fingerprint density at radius 2 is 2.20 bits per heavy atom. The first kappa shape index (κ1) is 13.2. The maximum absolute atomic E-state index is 12.1. The van der Waals surface area contributed by atoms with Gasteiger partial charge in [-0.1, -0.05) is 6.42 Å². The minimum Gasteiger partial charge on any atom is -0.478 e. The van der Waals surface area contributed by atoms with Gasteiger partial charge in [0.15, 0.2) is 0 Å². The Bertz CT molecular complexity index is 549. The van der Waals surface area contributed by atoms with E-state index < -0.39 is 5.97 Å². The molecule has 20 heavy (non-hydrogen) atoms. The lowest BCUT2D eigenvalue weighted by Crippen LogP contribution is -2.21. The number of H-pyrrole nitrogens is 1. The summed E-state index contributed by atoms with van der Waals surface area (Å²) in [6, 6.07) is 0. The summed E-state index contributed by atoms with van der Waals surface area (Å²) in [6.07, 6.45) is 7.09. The molecule has 3 unspecified atom stereocenters. The molecule has 0 aromatic carbocycles. The van der Waals surface area contributed by atoms with E-state index in [2.05, 4.69) is 10.3 Å². The molecular formula is C15H20N2O3. The summed E-state index contributed by atoms with van der Waals surface area (Å²) in [5.41, 5.74) is 1.10. The van der Waals surface area contributed by atoms with E-state index >= 15 is 0 Å². The lowest BCUT2D eigenvalue weighted by Gasteiger charge is -2.20. The number of rotatable bonds is 4. The Kier molecular flexibility index (Phi) is 3.28. The summed E-state index contributed by atoms with van der Waals surface area (Å²) >= 11 is 0. The fourth-order valence-corrected chi connectivity index (χ4v) is 3.97. The first-order valence-electron chi connectivity index (χ1n) is 7.25. The second kappa shape index (κ2) is 4.96. The van der Waals surface area contributed by atoms with Crippen LogP contribution in [-0.2, 0) is 4.79 Å². The maximum atomic E-state index is 12.1. The van der Waals surface area contributed by atoms with Crippen LogP contribution in [0.2, 0.25) is 0 Å². The van der Waals surface area contributed by atoms with Gasteiger partial charge >= 0.3 is 5.97 Å². The summed E-state index contributed by atoms with van der Waals surface area (Å²) < 4.78 is 0. The van der Waals surface area contributed by atoms with E-state index in [1.165, 1.54) is 19.3 Å². The Labute approximate surface area is 117 Å².